The summed E-state index contributed by atoms with van der Waals surface area (Å²) in [5, 5.41) is 0. The summed E-state index contributed by atoms with van der Waals surface area (Å²) in [5.74, 6) is 0. The average molecular weight is 287 g/mol. The predicted octanol–water partition coefficient (Wildman–Crippen LogP) is 2.11. The molecule has 3 atom stereocenters. The van der Waals surface area contributed by atoms with E-state index in [1.807, 2.05) is 0 Å². The summed E-state index contributed by atoms with van der Waals surface area (Å²) in [4.78, 5) is 5.21. The molecule has 0 spiro atoms. The van der Waals surface area contributed by atoms with Crippen LogP contribution in [0.5, 0.6) is 0 Å². The molecule has 3 rings (SSSR count). The molecule has 21 heavy (non-hydrogen) atoms. The standard InChI is InChI=1S/C18H29N3/c1-20-17-9-10-18(20)14-21(12-11-17)13-16(19)8-7-15-5-3-2-4-6-15/h2-6,16-18H,7-14,19H2,1H3. The molecule has 3 unspecified atom stereocenters. The minimum absolute atomic E-state index is 0.298. The number of rotatable bonds is 5. The van der Waals surface area contributed by atoms with Gasteiger partial charge in [-0.3, -0.25) is 4.90 Å². The highest BCUT2D eigenvalue weighted by atomic mass is 15.3. The van der Waals surface area contributed by atoms with E-state index in [0.717, 1.165) is 31.5 Å². The van der Waals surface area contributed by atoms with Gasteiger partial charge in [-0.25, -0.2) is 0 Å². The summed E-state index contributed by atoms with van der Waals surface area (Å²) >= 11 is 0. The van der Waals surface area contributed by atoms with Crippen LogP contribution < -0.4 is 5.73 Å². The molecule has 2 aliphatic rings. The van der Waals surface area contributed by atoms with Gasteiger partial charge in [-0.1, -0.05) is 30.3 Å². The number of nitrogens with two attached hydrogens (primary N) is 1. The zero-order chi connectivity index (χ0) is 14.7. The van der Waals surface area contributed by atoms with Gasteiger partial charge in [-0.05, 0) is 51.3 Å². The highest BCUT2D eigenvalue weighted by Gasteiger charge is 2.34. The highest BCUT2D eigenvalue weighted by Crippen LogP contribution is 2.28. The molecule has 0 saturated carbocycles. The number of benzene rings is 1. The molecule has 1 aromatic rings. The minimum Gasteiger partial charge on any atom is -0.327 e. The van der Waals surface area contributed by atoms with Crippen molar-refractivity contribution in [2.75, 3.05) is 26.7 Å². The Morgan fingerprint density at radius 2 is 1.90 bits per heavy atom. The topological polar surface area (TPSA) is 32.5 Å². The number of likely N-dealkylation sites (tertiary alicyclic amines) is 1. The van der Waals surface area contributed by atoms with Crippen molar-refractivity contribution in [2.24, 2.45) is 5.73 Å². The number of nitrogens with zero attached hydrogens (tertiary/aromatic N) is 2. The Morgan fingerprint density at radius 3 is 2.71 bits per heavy atom. The third-order valence-corrected chi connectivity index (χ3v) is 5.37. The molecule has 0 aromatic heterocycles. The number of aryl methyl sites for hydroxylation is 1. The van der Waals surface area contributed by atoms with Crippen LogP contribution in [0.3, 0.4) is 0 Å². The SMILES string of the molecule is CN1C2CCC1CN(CC(N)CCc1ccccc1)CC2. The lowest BCUT2D eigenvalue weighted by Gasteiger charge is -2.28. The molecule has 0 aliphatic carbocycles. The second-order valence-corrected chi connectivity index (χ2v) is 6.88. The quantitative estimate of drug-likeness (QED) is 0.900. The van der Waals surface area contributed by atoms with Crippen molar-refractivity contribution < 1.29 is 0 Å². The van der Waals surface area contributed by atoms with E-state index in [9.17, 15) is 0 Å². The van der Waals surface area contributed by atoms with Crippen LogP contribution in [-0.4, -0.2) is 54.6 Å². The maximum Gasteiger partial charge on any atom is 0.0223 e. The number of hydrogen-bond acceptors (Lipinski definition) is 3. The molecule has 0 radical (unpaired) electrons. The van der Waals surface area contributed by atoms with E-state index in [2.05, 4.69) is 47.2 Å². The van der Waals surface area contributed by atoms with Crippen molar-refractivity contribution >= 4 is 0 Å². The van der Waals surface area contributed by atoms with E-state index in [-0.39, 0.29) is 0 Å². The average Bonchev–Trinajstić information content (AvgIpc) is 2.75. The number of hydrogen-bond donors (Lipinski definition) is 1. The lowest BCUT2D eigenvalue weighted by molar-refractivity contribution is 0.210. The van der Waals surface area contributed by atoms with Crippen LogP contribution in [0.25, 0.3) is 0 Å². The van der Waals surface area contributed by atoms with Gasteiger partial charge in [0.05, 0.1) is 0 Å². The second kappa shape index (κ2) is 6.91. The Hall–Kier alpha value is -0.900. The predicted molar refractivity (Wildman–Crippen MR) is 88.4 cm³/mol. The molecule has 116 valence electrons. The first-order valence-corrected chi connectivity index (χ1v) is 8.46. The van der Waals surface area contributed by atoms with Crippen molar-refractivity contribution in [1.82, 2.24) is 9.80 Å². The van der Waals surface area contributed by atoms with Gasteiger partial charge in [0.25, 0.3) is 0 Å². The first-order valence-electron chi connectivity index (χ1n) is 8.46. The molecule has 2 heterocycles. The molecule has 2 aliphatic heterocycles. The molecule has 1 aromatic carbocycles. The Morgan fingerprint density at radius 1 is 1.14 bits per heavy atom. The zero-order valence-corrected chi connectivity index (χ0v) is 13.2. The maximum absolute atomic E-state index is 6.38. The Labute approximate surface area is 129 Å². The minimum atomic E-state index is 0.298. The zero-order valence-electron chi connectivity index (χ0n) is 13.2. The summed E-state index contributed by atoms with van der Waals surface area (Å²) < 4.78 is 0. The molecule has 2 bridgehead atoms. The third kappa shape index (κ3) is 3.85. The van der Waals surface area contributed by atoms with Crippen molar-refractivity contribution in [3.8, 4) is 0 Å². The summed E-state index contributed by atoms with van der Waals surface area (Å²) in [7, 11) is 2.31. The van der Waals surface area contributed by atoms with Crippen molar-refractivity contribution in [3.63, 3.8) is 0 Å². The first kappa shape index (κ1) is 15.0. The van der Waals surface area contributed by atoms with Gasteiger partial charge in [-0.2, -0.15) is 0 Å². The smallest absolute Gasteiger partial charge is 0.0223 e. The fourth-order valence-corrected chi connectivity index (χ4v) is 3.96. The molecule has 0 amide bonds. The van der Waals surface area contributed by atoms with Crippen LogP contribution in [0.2, 0.25) is 0 Å². The van der Waals surface area contributed by atoms with Gasteiger partial charge in [0.15, 0.2) is 0 Å². The van der Waals surface area contributed by atoms with E-state index in [4.69, 9.17) is 5.73 Å². The van der Waals surface area contributed by atoms with Crippen LogP contribution in [0.4, 0.5) is 0 Å². The Bertz CT molecular complexity index is 433. The second-order valence-electron chi connectivity index (χ2n) is 6.88. The fraction of sp³-hybridized carbons (Fsp3) is 0.667. The first-order chi connectivity index (χ1) is 10.2. The number of fused-ring (bicyclic) bond motifs is 2. The van der Waals surface area contributed by atoms with Crippen LogP contribution in [0, 0.1) is 0 Å². The number of likely N-dealkylation sites (N-methyl/N-ethyl adjacent to an activating group) is 1. The Kier molecular flexibility index (Phi) is 4.94. The summed E-state index contributed by atoms with van der Waals surface area (Å²) in [6, 6.07) is 12.6. The van der Waals surface area contributed by atoms with E-state index >= 15 is 0 Å². The largest absolute Gasteiger partial charge is 0.327 e. The van der Waals surface area contributed by atoms with E-state index < -0.39 is 0 Å². The van der Waals surface area contributed by atoms with Crippen LogP contribution in [-0.2, 0) is 6.42 Å². The van der Waals surface area contributed by atoms with E-state index in [1.54, 1.807) is 0 Å². The van der Waals surface area contributed by atoms with Crippen LogP contribution >= 0.6 is 0 Å². The monoisotopic (exact) mass is 287 g/mol. The van der Waals surface area contributed by atoms with Gasteiger partial charge in [-0.15, -0.1) is 0 Å². The molecule has 2 fully saturated rings. The van der Waals surface area contributed by atoms with Gasteiger partial charge in [0.1, 0.15) is 0 Å². The molecular formula is C18H29N3. The highest BCUT2D eigenvalue weighted by molar-refractivity contribution is 5.14. The molecule has 3 heteroatoms. The van der Waals surface area contributed by atoms with E-state index in [1.165, 1.54) is 37.9 Å². The lowest BCUT2D eigenvalue weighted by atomic mass is 10.0. The van der Waals surface area contributed by atoms with Gasteiger partial charge in [0.2, 0.25) is 0 Å². The summed E-state index contributed by atoms with van der Waals surface area (Å²) in [6.45, 7) is 3.50. The lowest BCUT2D eigenvalue weighted by Crippen LogP contribution is -2.42. The van der Waals surface area contributed by atoms with E-state index in [0.29, 0.717) is 6.04 Å². The molecule has 3 nitrogen and oxygen atoms in total. The molecular weight excluding hydrogens is 258 g/mol. The van der Waals surface area contributed by atoms with Crippen LogP contribution in [0.1, 0.15) is 31.2 Å². The van der Waals surface area contributed by atoms with Crippen molar-refractivity contribution in [2.45, 2.75) is 50.2 Å². The van der Waals surface area contributed by atoms with Gasteiger partial charge < -0.3 is 10.6 Å². The molecule has 2 saturated heterocycles. The van der Waals surface area contributed by atoms with Crippen LogP contribution in [0.15, 0.2) is 30.3 Å². The fourth-order valence-electron chi connectivity index (χ4n) is 3.96. The van der Waals surface area contributed by atoms with Gasteiger partial charge in [0, 0.05) is 31.2 Å². The summed E-state index contributed by atoms with van der Waals surface area (Å²) in [6.07, 6.45) is 6.27. The summed E-state index contributed by atoms with van der Waals surface area (Å²) in [5.41, 5.74) is 7.79. The third-order valence-electron chi connectivity index (χ3n) is 5.37. The van der Waals surface area contributed by atoms with Crippen molar-refractivity contribution in [3.05, 3.63) is 35.9 Å². The molecule has 2 N–H and O–H groups in total. The normalized spacial score (nSPS) is 28.5. The maximum atomic E-state index is 6.38. The van der Waals surface area contributed by atoms with Crippen molar-refractivity contribution in [1.29, 1.82) is 0 Å². The Balaban J connectivity index is 1.45. The van der Waals surface area contributed by atoms with Gasteiger partial charge >= 0.3 is 0 Å².